The number of esters is 3. The molecule has 444 valence electrons. The van der Waals surface area contributed by atoms with E-state index >= 15 is 0 Å². The molecular weight excluding hydrogens is 937 g/mol. The highest BCUT2D eigenvalue weighted by Gasteiger charge is 2.19. The zero-order valence-electron chi connectivity index (χ0n) is 51.0. The van der Waals surface area contributed by atoms with Gasteiger partial charge in [-0.25, -0.2) is 0 Å². The highest BCUT2D eigenvalue weighted by molar-refractivity contribution is 5.71. The molecule has 0 aliphatic heterocycles. The third-order valence-electron chi connectivity index (χ3n) is 15.1. The topological polar surface area (TPSA) is 78.9 Å². The molecule has 0 saturated heterocycles. The quantitative estimate of drug-likeness (QED) is 0.0261. The molecule has 0 heterocycles. The Morgan fingerprint density at radius 1 is 0.263 bits per heavy atom. The minimum absolute atomic E-state index is 0.0762. The van der Waals surface area contributed by atoms with Gasteiger partial charge in [0.15, 0.2) is 6.10 Å². The average Bonchev–Trinajstić information content (AvgIpc) is 3.42. The fourth-order valence-electron chi connectivity index (χ4n) is 9.98. The van der Waals surface area contributed by atoms with Crippen molar-refractivity contribution in [1.82, 2.24) is 0 Å². The van der Waals surface area contributed by atoms with Crippen LogP contribution in [-0.4, -0.2) is 37.2 Å². The molecule has 0 fully saturated rings. The van der Waals surface area contributed by atoms with Crippen LogP contribution in [0.2, 0.25) is 0 Å². The molecule has 0 rings (SSSR count). The van der Waals surface area contributed by atoms with Crippen LogP contribution in [0.1, 0.15) is 361 Å². The molecule has 0 aromatic rings. The van der Waals surface area contributed by atoms with Gasteiger partial charge in [0.2, 0.25) is 0 Å². The molecule has 0 saturated carbocycles. The number of hydrogen-bond acceptors (Lipinski definition) is 6. The molecule has 6 nitrogen and oxygen atoms in total. The number of ether oxygens (including phenoxy) is 3. The maximum Gasteiger partial charge on any atom is 0.306 e. The van der Waals surface area contributed by atoms with Crippen LogP contribution in [-0.2, 0) is 28.6 Å². The molecule has 6 heteroatoms. The minimum Gasteiger partial charge on any atom is -0.462 e. The second kappa shape index (κ2) is 64.9. The summed E-state index contributed by atoms with van der Waals surface area (Å²) in [6, 6.07) is 0. The van der Waals surface area contributed by atoms with Crippen molar-refractivity contribution in [2.24, 2.45) is 0 Å². The average molecular weight is 1070 g/mol. The highest BCUT2D eigenvalue weighted by atomic mass is 16.6. The number of allylic oxidation sites excluding steroid dienone is 8. The first kappa shape index (κ1) is 73.4. The summed E-state index contributed by atoms with van der Waals surface area (Å²) in [5.74, 6) is -0.868. The van der Waals surface area contributed by atoms with Crippen LogP contribution in [0.4, 0.5) is 0 Å². The lowest BCUT2D eigenvalue weighted by Gasteiger charge is -2.18. The summed E-state index contributed by atoms with van der Waals surface area (Å²) >= 11 is 0. The predicted molar refractivity (Wildman–Crippen MR) is 330 cm³/mol. The minimum atomic E-state index is -0.779. The van der Waals surface area contributed by atoms with Gasteiger partial charge in [-0.1, -0.05) is 307 Å². The SMILES string of the molecule is CCCCCC/C=C\CCCCCCCC(=O)OCC(COC(=O)CCCCCCCCCC/C=C\C/C=C\C/C=C\CCCCCCC)OC(=O)CCCCCCCCCCCCCCCCCCCCCCCC. The lowest BCUT2D eigenvalue weighted by atomic mass is 10.0. The van der Waals surface area contributed by atoms with Crippen molar-refractivity contribution in [3.63, 3.8) is 0 Å². The van der Waals surface area contributed by atoms with Gasteiger partial charge in [-0.3, -0.25) is 14.4 Å². The summed E-state index contributed by atoms with van der Waals surface area (Å²) in [4.78, 5) is 38.3. The Hall–Kier alpha value is -2.63. The summed E-state index contributed by atoms with van der Waals surface area (Å²) in [5.41, 5.74) is 0. The van der Waals surface area contributed by atoms with E-state index in [1.807, 2.05) is 0 Å². The normalized spacial score (nSPS) is 12.3. The summed E-state index contributed by atoms with van der Waals surface area (Å²) in [7, 11) is 0. The molecule has 0 aromatic heterocycles. The van der Waals surface area contributed by atoms with Crippen LogP contribution in [0, 0.1) is 0 Å². The molecule has 0 spiro atoms. The van der Waals surface area contributed by atoms with Gasteiger partial charge < -0.3 is 14.2 Å². The van der Waals surface area contributed by atoms with E-state index in [1.165, 1.54) is 238 Å². The molecule has 0 aromatic carbocycles. The van der Waals surface area contributed by atoms with E-state index in [1.54, 1.807) is 0 Å². The summed E-state index contributed by atoms with van der Waals surface area (Å²) in [5, 5.41) is 0. The molecule has 0 aliphatic rings. The van der Waals surface area contributed by atoms with Crippen LogP contribution in [0.15, 0.2) is 48.6 Å². The molecule has 0 aliphatic carbocycles. The van der Waals surface area contributed by atoms with Crippen molar-refractivity contribution in [2.75, 3.05) is 13.2 Å². The van der Waals surface area contributed by atoms with E-state index in [0.717, 1.165) is 83.5 Å². The van der Waals surface area contributed by atoms with Gasteiger partial charge in [-0.15, -0.1) is 0 Å². The molecule has 0 N–H and O–H groups in total. The Labute approximate surface area is 473 Å². The molecular formula is C70H128O6. The second-order valence-electron chi connectivity index (χ2n) is 22.7. The van der Waals surface area contributed by atoms with Gasteiger partial charge in [0.05, 0.1) is 0 Å². The number of carbonyl (C=O) groups is 3. The van der Waals surface area contributed by atoms with Gasteiger partial charge in [0.1, 0.15) is 13.2 Å². The van der Waals surface area contributed by atoms with Crippen molar-refractivity contribution >= 4 is 17.9 Å². The van der Waals surface area contributed by atoms with Crippen molar-refractivity contribution in [3.05, 3.63) is 48.6 Å². The monoisotopic (exact) mass is 1060 g/mol. The Bertz CT molecular complexity index is 1310. The Kier molecular flexibility index (Phi) is 62.6. The van der Waals surface area contributed by atoms with Gasteiger partial charge >= 0.3 is 17.9 Å². The molecule has 0 amide bonds. The summed E-state index contributed by atoms with van der Waals surface area (Å²) < 4.78 is 17.0. The van der Waals surface area contributed by atoms with Gasteiger partial charge in [0.25, 0.3) is 0 Å². The lowest BCUT2D eigenvalue weighted by Crippen LogP contribution is -2.30. The first-order valence-corrected chi connectivity index (χ1v) is 33.6. The first-order valence-electron chi connectivity index (χ1n) is 33.6. The molecule has 76 heavy (non-hydrogen) atoms. The van der Waals surface area contributed by atoms with Crippen molar-refractivity contribution in [1.29, 1.82) is 0 Å². The maximum atomic E-state index is 12.9. The van der Waals surface area contributed by atoms with Crippen LogP contribution in [0.3, 0.4) is 0 Å². The number of carbonyl (C=O) groups excluding carboxylic acids is 3. The molecule has 1 unspecified atom stereocenters. The largest absolute Gasteiger partial charge is 0.462 e. The second-order valence-corrected chi connectivity index (χ2v) is 22.7. The third kappa shape index (κ3) is 62.2. The van der Waals surface area contributed by atoms with Crippen molar-refractivity contribution in [2.45, 2.75) is 367 Å². The van der Waals surface area contributed by atoms with E-state index < -0.39 is 6.10 Å². The smallest absolute Gasteiger partial charge is 0.306 e. The van der Waals surface area contributed by atoms with E-state index in [9.17, 15) is 14.4 Å². The number of hydrogen-bond donors (Lipinski definition) is 0. The first-order chi connectivity index (χ1) is 37.5. The summed E-state index contributed by atoms with van der Waals surface area (Å²) in [6.45, 7) is 6.66. The van der Waals surface area contributed by atoms with Crippen LogP contribution in [0.5, 0.6) is 0 Å². The van der Waals surface area contributed by atoms with Crippen LogP contribution in [0.25, 0.3) is 0 Å². The number of unbranched alkanes of at least 4 members (excludes halogenated alkanes) is 43. The maximum absolute atomic E-state index is 12.9. The van der Waals surface area contributed by atoms with Gasteiger partial charge in [0, 0.05) is 19.3 Å². The number of rotatable bonds is 62. The zero-order valence-corrected chi connectivity index (χ0v) is 51.0. The van der Waals surface area contributed by atoms with Gasteiger partial charge in [-0.2, -0.15) is 0 Å². The van der Waals surface area contributed by atoms with E-state index in [4.69, 9.17) is 14.2 Å². The third-order valence-corrected chi connectivity index (χ3v) is 15.1. The van der Waals surface area contributed by atoms with Gasteiger partial charge in [-0.05, 0) is 83.5 Å². The molecule has 1 atom stereocenters. The van der Waals surface area contributed by atoms with E-state index in [-0.39, 0.29) is 31.1 Å². The molecule has 0 bridgehead atoms. The Morgan fingerprint density at radius 3 is 0.763 bits per heavy atom. The standard InChI is InChI=1S/C70H128O6/c1-4-7-10-13-16-19-22-25-27-29-31-33-35-37-38-40-42-45-48-51-54-57-60-63-69(72)75-66-67(65-74-68(71)62-59-56-53-50-47-44-24-21-18-15-12-9-6-3)76-70(73)64-61-58-55-52-49-46-43-41-39-36-34-32-30-28-26-23-20-17-14-11-8-5-2/h21-22,24-25,29,31,35,37,67H,4-20,23,26-28,30,32-34,36,38-66H2,1-3H3/b24-21-,25-22-,31-29-,37-35-. The zero-order chi connectivity index (χ0) is 55.0. The predicted octanol–water partition coefficient (Wildman–Crippen LogP) is 22.9. The fourth-order valence-corrected chi connectivity index (χ4v) is 9.98. The van der Waals surface area contributed by atoms with Crippen LogP contribution >= 0.6 is 0 Å². The Morgan fingerprint density at radius 2 is 0.474 bits per heavy atom. The Balaban J connectivity index is 4.29. The molecule has 0 radical (unpaired) electrons. The van der Waals surface area contributed by atoms with E-state index in [2.05, 4.69) is 69.4 Å². The van der Waals surface area contributed by atoms with E-state index in [0.29, 0.717) is 19.3 Å². The van der Waals surface area contributed by atoms with Crippen molar-refractivity contribution in [3.8, 4) is 0 Å². The van der Waals surface area contributed by atoms with Crippen molar-refractivity contribution < 1.29 is 28.6 Å². The lowest BCUT2D eigenvalue weighted by molar-refractivity contribution is -0.167. The highest BCUT2D eigenvalue weighted by Crippen LogP contribution is 2.18. The fraction of sp³-hybridized carbons (Fsp3) is 0.843. The summed E-state index contributed by atoms with van der Waals surface area (Å²) in [6.07, 6.45) is 81.2. The van der Waals surface area contributed by atoms with Crippen LogP contribution < -0.4 is 0 Å².